The molecule has 2 aromatic rings. The molecule has 1 heterocycles. The lowest BCUT2D eigenvalue weighted by Crippen LogP contribution is -2.34. The Hall–Kier alpha value is -1.59. The molecule has 0 spiro atoms. The predicted octanol–water partition coefficient (Wildman–Crippen LogP) is 5.41. The van der Waals surface area contributed by atoms with Gasteiger partial charge in [-0.1, -0.05) is 39.3 Å². The van der Waals surface area contributed by atoms with Gasteiger partial charge in [-0.25, -0.2) is 4.98 Å². The van der Waals surface area contributed by atoms with Crippen LogP contribution in [0.25, 0.3) is 0 Å². The van der Waals surface area contributed by atoms with Crippen molar-refractivity contribution in [1.29, 1.82) is 0 Å². The van der Waals surface area contributed by atoms with E-state index in [9.17, 15) is 4.79 Å². The summed E-state index contributed by atoms with van der Waals surface area (Å²) < 4.78 is 5.74. The van der Waals surface area contributed by atoms with Gasteiger partial charge in [-0.15, -0.1) is 11.3 Å². The van der Waals surface area contributed by atoms with E-state index in [4.69, 9.17) is 16.3 Å². The lowest BCUT2D eigenvalue weighted by atomic mass is 10.1. The molecule has 0 atom stereocenters. The van der Waals surface area contributed by atoms with Crippen LogP contribution in [-0.4, -0.2) is 22.3 Å². The van der Waals surface area contributed by atoms with E-state index in [-0.39, 0.29) is 5.91 Å². The SMILES string of the molecule is CC(C)CC(=O)N(Cc1csc(COc2ccc(Cl)cc2)n1)CC(C)C. The summed E-state index contributed by atoms with van der Waals surface area (Å²) in [5.74, 6) is 1.74. The number of hydrogen-bond donors (Lipinski definition) is 0. The second-order valence-corrected chi connectivity index (χ2v) is 8.62. The van der Waals surface area contributed by atoms with E-state index in [1.54, 1.807) is 23.5 Å². The van der Waals surface area contributed by atoms with Crippen molar-refractivity contribution < 1.29 is 9.53 Å². The molecule has 0 fully saturated rings. The second kappa shape index (κ2) is 9.93. The van der Waals surface area contributed by atoms with Crippen molar-refractivity contribution >= 4 is 28.8 Å². The minimum Gasteiger partial charge on any atom is -0.486 e. The van der Waals surface area contributed by atoms with Crippen molar-refractivity contribution in [3.8, 4) is 5.75 Å². The summed E-state index contributed by atoms with van der Waals surface area (Å²) in [6, 6.07) is 7.28. The summed E-state index contributed by atoms with van der Waals surface area (Å²) in [4.78, 5) is 19.0. The predicted molar refractivity (Wildman–Crippen MR) is 108 cm³/mol. The second-order valence-electron chi connectivity index (χ2n) is 7.24. The third-order valence-corrected chi connectivity index (χ3v) is 4.77. The third kappa shape index (κ3) is 6.96. The summed E-state index contributed by atoms with van der Waals surface area (Å²) in [5.41, 5.74) is 0.919. The van der Waals surface area contributed by atoms with Crippen LogP contribution in [0.4, 0.5) is 0 Å². The minimum absolute atomic E-state index is 0.195. The molecule has 0 aliphatic rings. The number of thiazole rings is 1. The van der Waals surface area contributed by atoms with Crippen LogP contribution >= 0.6 is 22.9 Å². The molecule has 1 aromatic carbocycles. The van der Waals surface area contributed by atoms with E-state index in [2.05, 4.69) is 32.7 Å². The summed E-state index contributed by atoms with van der Waals surface area (Å²) in [6.07, 6.45) is 0.573. The normalized spacial score (nSPS) is 11.2. The highest BCUT2D eigenvalue weighted by molar-refractivity contribution is 7.09. The van der Waals surface area contributed by atoms with Crippen LogP contribution in [-0.2, 0) is 17.9 Å². The largest absolute Gasteiger partial charge is 0.486 e. The molecule has 6 heteroatoms. The monoisotopic (exact) mass is 394 g/mol. The van der Waals surface area contributed by atoms with Crippen molar-refractivity contribution in [2.75, 3.05) is 6.54 Å². The van der Waals surface area contributed by atoms with Gasteiger partial charge in [0, 0.05) is 23.4 Å². The number of nitrogens with zero attached hydrogens (tertiary/aromatic N) is 2. The maximum absolute atomic E-state index is 12.5. The lowest BCUT2D eigenvalue weighted by Gasteiger charge is -2.24. The zero-order valence-electron chi connectivity index (χ0n) is 15.9. The Morgan fingerprint density at radius 1 is 1.19 bits per heavy atom. The standard InChI is InChI=1S/C20H27ClN2O2S/c1-14(2)9-20(24)23(10-15(3)4)11-17-13-26-19(22-17)12-25-18-7-5-16(21)6-8-18/h5-8,13-15H,9-12H2,1-4H3. The number of halogens is 1. The number of rotatable bonds is 9. The number of carbonyl (C=O) groups is 1. The van der Waals surface area contributed by atoms with Gasteiger partial charge in [-0.3, -0.25) is 4.79 Å². The van der Waals surface area contributed by atoms with Crippen LogP contribution in [0.3, 0.4) is 0 Å². The average molecular weight is 395 g/mol. The third-order valence-electron chi connectivity index (χ3n) is 3.65. The molecular formula is C20H27ClN2O2S. The number of hydrogen-bond acceptors (Lipinski definition) is 4. The van der Waals surface area contributed by atoms with Gasteiger partial charge in [0.2, 0.25) is 5.91 Å². The number of benzene rings is 1. The highest BCUT2D eigenvalue weighted by Gasteiger charge is 2.18. The van der Waals surface area contributed by atoms with Gasteiger partial charge in [0.05, 0.1) is 12.2 Å². The number of amides is 1. The van der Waals surface area contributed by atoms with E-state index in [0.717, 1.165) is 23.0 Å². The molecule has 0 saturated carbocycles. The van der Waals surface area contributed by atoms with Gasteiger partial charge in [-0.05, 0) is 36.1 Å². The fraction of sp³-hybridized carbons (Fsp3) is 0.500. The van der Waals surface area contributed by atoms with Gasteiger partial charge >= 0.3 is 0 Å². The molecule has 1 amide bonds. The Labute approximate surface area is 165 Å². The van der Waals surface area contributed by atoms with Gasteiger partial charge < -0.3 is 9.64 Å². The van der Waals surface area contributed by atoms with Crippen LogP contribution in [0.1, 0.15) is 44.8 Å². The van der Waals surface area contributed by atoms with Crippen molar-refractivity contribution in [2.24, 2.45) is 11.8 Å². The van der Waals surface area contributed by atoms with Gasteiger partial charge in [0.15, 0.2) is 0 Å². The van der Waals surface area contributed by atoms with Crippen LogP contribution in [0, 0.1) is 11.8 Å². The van der Waals surface area contributed by atoms with E-state index in [1.807, 2.05) is 22.4 Å². The molecule has 142 valence electrons. The summed E-state index contributed by atoms with van der Waals surface area (Å²) >= 11 is 7.43. The maximum atomic E-state index is 12.5. The Balaban J connectivity index is 1.95. The maximum Gasteiger partial charge on any atom is 0.223 e. The van der Waals surface area contributed by atoms with Crippen molar-refractivity contribution in [3.63, 3.8) is 0 Å². The van der Waals surface area contributed by atoms with Crippen LogP contribution in [0.15, 0.2) is 29.6 Å². The van der Waals surface area contributed by atoms with Crippen molar-refractivity contribution in [2.45, 2.75) is 47.3 Å². The first kappa shape index (κ1) is 20.7. The quantitative estimate of drug-likeness (QED) is 0.571. The Kier molecular flexibility index (Phi) is 7.91. The zero-order chi connectivity index (χ0) is 19.1. The molecular weight excluding hydrogens is 368 g/mol. The Morgan fingerprint density at radius 3 is 2.50 bits per heavy atom. The summed E-state index contributed by atoms with van der Waals surface area (Å²) in [5, 5.41) is 3.59. The van der Waals surface area contributed by atoms with Crippen LogP contribution in [0.2, 0.25) is 5.02 Å². The topological polar surface area (TPSA) is 42.4 Å². The van der Waals surface area contributed by atoms with Crippen LogP contribution < -0.4 is 4.74 Å². The molecule has 1 aromatic heterocycles. The highest BCUT2D eigenvalue weighted by atomic mass is 35.5. The van der Waals surface area contributed by atoms with Crippen molar-refractivity contribution in [1.82, 2.24) is 9.88 Å². The molecule has 0 bridgehead atoms. The van der Waals surface area contributed by atoms with E-state index in [1.165, 1.54) is 0 Å². The summed E-state index contributed by atoms with van der Waals surface area (Å²) in [7, 11) is 0. The van der Waals surface area contributed by atoms with Crippen molar-refractivity contribution in [3.05, 3.63) is 45.4 Å². The van der Waals surface area contributed by atoms with Gasteiger partial charge in [0.1, 0.15) is 17.4 Å². The molecule has 2 rings (SSSR count). The van der Waals surface area contributed by atoms with Gasteiger partial charge in [0.25, 0.3) is 0 Å². The lowest BCUT2D eigenvalue weighted by molar-refractivity contribution is -0.133. The molecule has 0 radical (unpaired) electrons. The Bertz CT molecular complexity index is 698. The molecule has 0 aliphatic carbocycles. The van der Waals surface area contributed by atoms with E-state index < -0.39 is 0 Å². The number of carbonyl (C=O) groups excluding carboxylic acids is 1. The molecule has 0 unspecified atom stereocenters. The molecule has 0 N–H and O–H groups in total. The number of aromatic nitrogens is 1. The molecule has 0 aliphatic heterocycles. The molecule has 4 nitrogen and oxygen atoms in total. The fourth-order valence-corrected chi connectivity index (χ4v) is 3.36. The number of ether oxygens (including phenoxy) is 1. The molecule has 0 saturated heterocycles. The zero-order valence-corrected chi connectivity index (χ0v) is 17.4. The Morgan fingerprint density at radius 2 is 1.88 bits per heavy atom. The smallest absolute Gasteiger partial charge is 0.223 e. The fourth-order valence-electron chi connectivity index (χ4n) is 2.53. The first-order valence-corrected chi connectivity index (χ1v) is 10.2. The van der Waals surface area contributed by atoms with Gasteiger partial charge in [-0.2, -0.15) is 0 Å². The average Bonchev–Trinajstić information content (AvgIpc) is 3.00. The minimum atomic E-state index is 0.195. The van der Waals surface area contributed by atoms with Crippen LogP contribution in [0.5, 0.6) is 5.75 Å². The van der Waals surface area contributed by atoms with E-state index in [0.29, 0.717) is 36.4 Å². The summed E-state index contributed by atoms with van der Waals surface area (Å²) in [6.45, 7) is 10.1. The first-order valence-electron chi connectivity index (χ1n) is 8.93. The molecule has 26 heavy (non-hydrogen) atoms. The van der Waals surface area contributed by atoms with E-state index >= 15 is 0 Å². The first-order chi connectivity index (χ1) is 12.3. The highest BCUT2D eigenvalue weighted by Crippen LogP contribution is 2.19.